The lowest BCUT2D eigenvalue weighted by molar-refractivity contribution is 0.398. The van der Waals surface area contributed by atoms with Crippen LogP contribution >= 0.6 is 0 Å². The molecule has 0 aliphatic heterocycles. The number of rotatable bonds is 3. The molecule has 78 valence electrons. The van der Waals surface area contributed by atoms with Crippen molar-refractivity contribution in [2.45, 2.75) is 20.3 Å². The molecule has 1 heterocycles. The molecule has 0 atom stereocenters. The number of nitrogens with zero attached hydrogens (tertiary/aromatic N) is 1. The summed E-state index contributed by atoms with van der Waals surface area (Å²) in [7, 11) is 1.55. The van der Waals surface area contributed by atoms with Crippen molar-refractivity contribution in [1.82, 2.24) is 4.98 Å². The summed E-state index contributed by atoms with van der Waals surface area (Å²) >= 11 is 0. The van der Waals surface area contributed by atoms with Gasteiger partial charge < -0.3 is 16.2 Å². The Balaban J connectivity index is 3.04. The minimum atomic E-state index is 0.454. The lowest BCUT2D eigenvalue weighted by atomic mass is 10.1. The normalized spacial score (nSPS) is 10.6. The minimum Gasteiger partial charge on any atom is -0.480 e. The standard InChI is InChI=1S/C10H17N3O/c1-6(2)4-9-7(11)5-8(12)10(13-9)14-3/h5-6H,4,11-12H2,1-3H3. The highest BCUT2D eigenvalue weighted by Crippen LogP contribution is 2.24. The van der Waals surface area contributed by atoms with Gasteiger partial charge in [-0.1, -0.05) is 13.8 Å². The quantitative estimate of drug-likeness (QED) is 0.765. The third kappa shape index (κ3) is 2.28. The molecule has 0 amide bonds. The molecule has 1 aromatic heterocycles. The first-order chi connectivity index (χ1) is 6.54. The first-order valence-electron chi connectivity index (χ1n) is 4.63. The molecule has 0 unspecified atom stereocenters. The van der Waals surface area contributed by atoms with E-state index in [1.807, 2.05) is 0 Å². The molecule has 0 bridgehead atoms. The molecule has 0 aliphatic carbocycles. The second-order valence-electron chi connectivity index (χ2n) is 3.72. The van der Waals surface area contributed by atoms with Crippen molar-refractivity contribution in [2.24, 2.45) is 5.92 Å². The van der Waals surface area contributed by atoms with E-state index < -0.39 is 0 Å². The Morgan fingerprint density at radius 3 is 2.50 bits per heavy atom. The summed E-state index contributed by atoms with van der Waals surface area (Å²) in [6.07, 6.45) is 0.836. The van der Waals surface area contributed by atoms with E-state index in [4.69, 9.17) is 16.2 Å². The van der Waals surface area contributed by atoms with Gasteiger partial charge in [-0.05, 0) is 18.4 Å². The summed E-state index contributed by atoms with van der Waals surface area (Å²) < 4.78 is 5.03. The fourth-order valence-electron chi connectivity index (χ4n) is 1.28. The van der Waals surface area contributed by atoms with Gasteiger partial charge in [0.05, 0.1) is 24.2 Å². The van der Waals surface area contributed by atoms with Crippen LogP contribution in [0.2, 0.25) is 0 Å². The maximum Gasteiger partial charge on any atom is 0.237 e. The van der Waals surface area contributed by atoms with Gasteiger partial charge in [0.1, 0.15) is 0 Å². The highest BCUT2D eigenvalue weighted by atomic mass is 16.5. The summed E-state index contributed by atoms with van der Waals surface area (Å²) in [5.74, 6) is 0.966. The molecule has 0 aliphatic rings. The number of pyridine rings is 1. The van der Waals surface area contributed by atoms with E-state index in [0.29, 0.717) is 23.2 Å². The number of nitrogen functional groups attached to an aromatic ring is 2. The van der Waals surface area contributed by atoms with Crippen LogP contribution in [-0.4, -0.2) is 12.1 Å². The first kappa shape index (κ1) is 10.6. The zero-order valence-corrected chi connectivity index (χ0v) is 8.87. The van der Waals surface area contributed by atoms with Crippen LogP contribution in [-0.2, 0) is 6.42 Å². The summed E-state index contributed by atoms with van der Waals surface area (Å²) in [6, 6.07) is 1.70. The lowest BCUT2D eigenvalue weighted by Crippen LogP contribution is -2.06. The van der Waals surface area contributed by atoms with Crippen molar-refractivity contribution in [1.29, 1.82) is 0 Å². The Bertz CT molecular complexity index is 323. The summed E-state index contributed by atoms with van der Waals surface area (Å²) in [5.41, 5.74) is 13.4. The highest BCUT2D eigenvalue weighted by molar-refractivity contribution is 5.59. The van der Waals surface area contributed by atoms with Crippen molar-refractivity contribution in [3.63, 3.8) is 0 Å². The van der Waals surface area contributed by atoms with Crippen LogP contribution in [0.4, 0.5) is 11.4 Å². The fraction of sp³-hybridized carbons (Fsp3) is 0.500. The Labute approximate surface area is 84.3 Å². The number of anilines is 2. The molecule has 0 saturated heterocycles. The average Bonchev–Trinajstić information content (AvgIpc) is 2.09. The number of nitrogens with two attached hydrogens (primary N) is 2. The Hall–Kier alpha value is -1.45. The average molecular weight is 195 g/mol. The van der Waals surface area contributed by atoms with Crippen molar-refractivity contribution >= 4 is 11.4 Å². The van der Waals surface area contributed by atoms with Gasteiger partial charge in [-0.3, -0.25) is 0 Å². The topological polar surface area (TPSA) is 74.2 Å². The van der Waals surface area contributed by atoms with Gasteiger partial charge >= 0.3 is 0 Å². The Kier molecular flexibility index (Phi) is 3.17. The van der Waals surface area contributed by atoms with Crippen molar-refractivity contribution in [2.75, 3.05) is 18.6 Å². The van der Waals surface area contributed by atoms with Crippen LogP contribution < -0.4 is 16.2 Å². The Morgan fingerprint density at radius 2 is 2.00 bits per heavy atom. The predicted octanol–water partition coefficient (Wildman–Crippen LogP) is 1.45. The third-order valence-electron chi connectivity index (χ3n) is 1.92. The van der Waals surface area contributed by atoms with E-state index in [0.717, 1.165) is 12.1 Å². The summed E-state index contributed by atoms with van der Waals surface area (Å²) in [5, 5.41) is 0. The van der Waals surface area contributed by atoms with Crippen molar-refractivity contribution in [3.05, 3.63) is 11.8 Å². The van der Waals surface area contributed by atoms with Gasteiger partial charge in [0.25, 0.3) is 0 Å². The molecule has 1 rings (SSSR count). The fourth-order valence-corrected chi connectivity index (χ4v) is 1.28. The van der Waals surface area contributed by atoms with Gasteiger partial charge in [0, 0.05) is 0 Å². The van der Waals surface area contributed by atoms with E-state index in [1.54, 1.807) is 13.2 Å². The van der Waals surface area contributed by atoms with Gasteiger partial charge in [-0.25, -0.2) is 4.98 Å². The first-order valence-corrected chi connectivity index (χ1v) is 4.63. The Morgan fingerprint density at radius 1 is 1.36 bits per heavy atom. The highest BCUT2D eigenvalue weighted by Gasteiger charge is 2.09. The molecule has 0 aromatic carbocycles. The molecule has 0 saturated carbocycles. The number of hydrogen-bond acceptors (Lipinski definition) is 4. The van der Waals surface area contributed by atoms with Crippen LogP contribution in [0.25, 0.3) is 0 Å². The monoisotopic (exact) mass is 195 g/mol. The summed E-state index contributed by atoms with van der Waals surface area (Å²) in [4.78, 5) is 4.26. The van der Waals surface area contributed by atoms with Gasteiger partial charge in [-0.15, -0.1) is 0 Å². The van der Waals surface area contributed by atoms with E-state index in [1.165, 1.54) is 0 Å². The maximum absolute atomic E-state index is 5.80. The van der Waals surface area contributed by atoms with Crippen LogP contribution in [0.15, 0.2) is 6.07 Å². The maximum atomic E-state index is 5.80. The largest absolute Gasteiger partial charge is 0.480 e. The molecule has 4 N–H and O–H groups in total. The second kappa shape index (κ2) is 4.17. The van der Waals surface area contributed by atoms with Crippen LogP contribution in [0.1, 0.15) is 19.5 Å². The lowest BCUT2D eigenvalue weighted by Gasteiger charge is -2.10. The van der Waals surface area contributed by atoms with Crippen LogP contribution in [0.3, 0.4) is 0 Å². The second-order valence-corrected chi connectivity index (χ2v) is 3.72. The minimum absolute atomic E-state index is 0.454. The molecule has 0 radical (unpaired) electrons. The molecular formula is C10H17N3O. The molecule has 0 fully saturated rings. The van der Waals surface area contributed by atoms with E-state index in [2.05, 4.69) is 18.8 Å². The number of methoxy groups -OCH3 is 1. The molecule has 4 nitrogen and oxygen atoms in total. The van der Waals surface area contributed by atoms with Gasteiger partial charge in [0.15, 0.2) is 0 Å². The van der Waals surface area contributed by atoms with Crippen molar-refractivity contribution < 1.29 is 4.74 Å². The van der Waals surface area contributed by atoms with Crippen molar-refractivity contribution in [3.8, 4) is 5.88 Å². The SMILES string of the molecule is COc1nc(CC(C)C)c(N)cc1N. The third-order valence-corrected chi connectivity index (χ3v) is 1.92. The van der Waals surface area contributed by atoms with E-state index in [9.17, 15) is 0 Å². The molecule has 0 spiro atoms. The summed E-state index contributed by atoms with van der Waals surface area (Å²) in [6.45, 7) is 4.23. The van der Waals surface area contributed by atoms with Crippen LogP contribution in [0, 0.1) is 5.92 Å². The molecule has 14 heavy (non-hydrogen) atoms. The molecule has 4 heteroatoms. The number of ether oxygens (including phenoxy) is 1. The van der Waals surface area contributed by atoms with Gasteiger partial charge in [0.2, 0.25) is 5.88 Å². The van der Waals surface area contributed by atoms with Crippen LogP contribution in [0.5, 0.6) is 5.88 Å². The van der Waals surface area contributed by atoms with E-state index >= 15 is 0 Å². The number of aromatic nitrogens is 1. The smallest absolute Gasteiger partial charge is 0.237 e. The van der Waals surface area contributed by atoms with Gasteiger partial charge in [-0.2, -0.15) is 0 Å². The van der Waals surface area contributed by atoms with E-state index in [-0.39, 0.29) is 0 Å². The molecule has 1 aromatic rings. The zero-order chi connectivity index (χ0) is 10.7. The molecular weight excluding hydrogens is 178 g/mol. The zero-order valence-electron chi connectivity index (χ0n) is 8.87. The predicted molar refractivity (Wildman–Crippen MR) is 58.2 cm³/mol. The number of hydrogen-bond donors (Lipinski definition) is 2.